The first kappa shape index (κ1) is 21.6. The number of amides is 1. The molecule has 0 bridgehead atoms. The van der Waals surface area contributed by atoms with Crippen LogP contribution in [0.2, 0.25) is 0 Å². The zero-order chi connectivity index (χ0) is 24.9. The molecule has 1 spiro atoms. The summed E-state index contributed by atoms with van der Waals surface area (Å²) in [5, 5.41) is 10.2. The highest BCUT2D eigenvalue weighted by atomic mass is 16.5. The van der Waals surface area contributed by atoms with Crippen LogP contribution in [0.25, 0.3) is 5.57 Å². The molecule has 1 aromatic carbocycles. The maximum atomic E-state index is 14.5. The number of carbonyl (C=O) groups is 1. The number of ether oxygens (including phenoxy) is 2. The molecular formula is C24H23N5O5. The summed E-state index contributed by atoms with van der Waals surface area (Å²) < 4.78 is 13.2. The first-order valence-electron chi connectivity index (χ1n) is 10.6. The van der Waals surface area contributed by atoms with Gasteiger partial charge in [0, 0.05) is 25.2 Å². The van der Waals surface area contributed by atoms with Crippen molar-refractivity contribution >= 4 is 17.2 Å². The lowest BCUT2D eigenvalue weighted by molar-refractivity contribution is -0.121. The van der Waals surface area contributed by atoms with Gasteiger partial charge >= 0.3 is 5.69 Å². The molecular weight excluding hydrogens is 438 g/mol. The molecule has 0 saturated heterocycles. The molecule has 1 atom stereocenters. The molecule has 3 aliphatic rings. The van der Waals surface area contributed by atoms with Gasteiger partial charge in [0.1, 0.15) is 23.0 Å². The topological polar surface area (TPSA) is 133 Å². The average molecular weight is 461 g/mol. The van der Waals surface area contributed by atoms with Gasteiger partial charge in [0.15, 0.2) is 5.41 Å². The zero-order valence-electron chi connectivity index (χ0n) is 19.6. The molecule has 3 aliphatic heterocycles. The molecule has 0 aliphatic carbocycles. The number of carbonyl (C=O) groups excluding carboxylic acids is 1. The van der Waals surface area contributed by atoms with Crippen molar-refractivity contribution in [3.63, 3.8) is 0 Å². The quantitative estimate of drug-likeness (QED) is 0.670. The van der Waals surface area contributed by atoms with E-state index in [2.05, 4.69) is 0 Å². The Balaban J connectivity index is 2.08. The van der Waals surface area contributed by atoms with Crippen LogP contribution in [0.15, 0.2) is 39.3 Å². The number of benzene rings is 1. The minimum absolute atomic E-state index is 0.133. The van der Waals surface area contributed by atoms with E-state index in [1.807, 2.05) is 39.0 Å². The summed E-state index contributed by atoms with van der Waals surface area (Å²) in [4.78, 5) is 42.4. The molecule has 10 heteroatoms. The van der Waals surface area contributed by atoms with Crippen molar-refractivity contribution in [2.24, 2.45) is 19.8 Å². The van der Waals surface area contributed by atoms with Gasteiger partial charge in [0.2, 0.25) is 17.7 Å². The van der Waals surface area contributed by atoms with Crippen LogP contribution in [0.4, 0.5) is 5.69 Å². The van der Waals surface area contributed by atoms with Crippen LogP contribution in [0.1, 0.15) is 37.5 Å². The highest BCUT2D eigenvalue weighted by molar-refractivity contribution is 6.17. The number of aromatic nitrogens is 2. The van der Waals surface area contributed by atoms with E-state index in [0.717, 1.165) is 20.3 Å². The smallest absolute Gasteiger partial charge is 0.333 e. The first-order chi connectivity index (χ1) is 15.9. The van der Waals surface area contributed by atoms with Crippen LogP contribution in [-0.4, -0.2) is 27.7 Å². The van der Waals surface area contributed by atoms with Gasteiger partial charge in [-0.15, -0.1) is 0 Å². The Labute approximate surface area is 194 Å². The Bertz CT molecular complexity index is 1570. The summed E-state index contributed by atoms with van der Waals surface area (Å²) in [5.41, 5.74) is 4.36. The van der Waals surface area contributed by atoms with Crippen LogP contribution in [0, 0.1) is 11.3 Å². The normalized spacial score (nSPS) is 21.6. The van der Waals surface area contributed by atoms with Crippen molar-refractivity contribution in [3.8, 4) is 17.7 Å². The summed E-state index contributed by atoms with van der Waals surface area (Å²) >= 11 is 0. The maximum Gasteiger partial charge on any atom is 0.333 e. The van der Waals surface area contributed by atoms with E-state index in [1.54, 1.807) is 11.0 Å². The highest BCUT2D eigenvalue weighted by Gasteiger charge is 2.64. The largest absolute Gasteiger partial charge is 0.497 e. The number of hydrogen-bond donors (Lipinski definition) is 1. The number of anilines is 1. The summed E-state index contributed by atoms with van der Waals surface area (Å²) in [6.45, 7) is 5.69. The minimum Gasteiger partial charge on any atom is -0.497 e. The fraction of sp³-hybridized carbons (Fsp3) is 0.333. The zero-order valence-corrected chi connectivity index (χ0v) is 19.6. The van der Waals surface area contributed by atoms with E-state index in [9.17, 15) is 19.6 Å². The second kappa shape index (κ2) is 6.41. The standard InChI is InChI=1S/C24H23N5O5/c1-11-9-23(2,3)29-17-13(11)7-12(33-6)8-14(17)24(21(29)31)15(10-25)18(26)34-20-16(24)19(30)27(4)22(32)28(20)5/h7-9H,26H2,1-6H3. The molecule has 5 rings (SSSR count). The number of allylic oxidation sites excluding steroid dienone is 1. The fourth-order valence-electron chi connectivity index (χ4n) is 5.51. The monoisotopic (exact) mass is 461 g/mol. The van der Waals surface area contributed by atoms with Gasteiger partial charge in [0.25, 0.3) is 5.56 Å². The number of nitrogens with two attached hydrogens (primary N) is 1. The predicted molar refractivity (Wildman–Crippen MR) is 123 cm³/mol. The number of hydrogen-bond acceptors (Lipinski definition) is 7. The average Bonchev–Trinajstić information content (AvgIpc) is 3.04. The van der Waals surface area contributed by atoms with Crippen molar-refractivity contribution in [1.29, 1.82) is 5.26 Å². The van der Waals surface area contributed by atoms with Crippen molar-refractivity contribution in [3.05, 3.63) is 67.2 Å². The SMILES string of the molecule is COc1cc2c3c(c1)C1(C(=O)N3C(C)(C)C=C2C)C(C#N)=C(N)Oc2c1c(=O)n(C)c(=O)n2C. The molecule has 174 valence electrons. The summed E-state index contributed by atoms with van der Waals surface area (Å²) in [7, 11) is 4.23. The number of methoxy groups -OCH3 is 1. The fourth-order valence-corrected chi connectivity index (χ4v) is 5.51. The molecule has 4 heterocycles. The van der Waals surface area contributed by atoms with Crippen molar-refractivity contribution in [1.82, 2.24) is 9.13 Å². The van der Waals surface area contributed by atoms with Crippen molar-refractivity contribution < 1.29 is 14.3 Å². The first-order valence-corrected chi connectivity index (χ1v) is 10.6. The lowest BCUT2D eigenvalue weighted by atomic mass is 9.69. The van der Waals surface area contributed by atoms with Crippen LogP contribution in [-0.2, 0) is 24.3 Å². The Kier molecular flexibility index (Phi) is 4.07. The number of nitrogens with zero attached hydrogens (tertiary/aromatic N) is 4. The van der Waals surface area contributed by atoms with Gasteiger partial charge in [-0.3, -0.25) is 18.7 Å². The van der Waals surface area contributed by atoms with E-state index in [1.165, 1.54) is 21.2 Å². The van der Waals surface area contributed by atoms with Crippen LogP contribution in [0.3, 0.4) is 0 Å². The predicted octanol–water partition coefficient (Wildman–Crippen LogP) is 1.01. The lowest BCUT2D eigenvalue weighted by Crippen LogP contribution is -2.56. The highest BCUT2D eigenvalue weighted by Crippen LogP contribution is 2.59. The summed E-state index contributed by atoms with van der Waals surface area (Å²) in [6.07, 6.45) is 1.95. The van der Waals surface area contributed by atoms with Gasteiger partial charge in [-0.05, 0) is 38.5 Å². The molecule has 0 saturated carbocycles. The third kappa shape index (κ3) is 2.21. The Hall–Kier alpha value is -4.26. The second-order valence-corrected chi connectivity index (χ2v) is 9.28. The van der Waals surface area contributed by atoms with Crippen LogP contribution >= 0.6 is 0 Å². The van der Waals surface area contributed by atoms with E-state index >= 15 is 0 Å². The molecule has 0 fully saturated rings. The molecule has 1 aromatic heterocycles. The molecule has 1 unspecified atom stereocenters. The third-order valence-electron chi connectivity index (χ3n) is 6.97. The molecule has 2 N–H and O–H groups in total. The van der Waals surface area contributed by atoms with Crippen molar-refractivity contribution in [2.45, 2.75) is 31.7 Å². The van der Waals surface area contributed by atoms with Crippen LogP contribution in [0.5, 0.6) is 11.6 Å². The maximum absolute atomic E-state index is 14.5. The summed E-state index contributed by atoms with van der Waals surface area (Å²) in [6, 6.07) is 5.49. The molecule has 34 heavy (non-hydrogen) atoms. The summed E-state index contributed by atoms with van der Waals surface area (Å²) in [5.74, 6) is -0.589. The third-order valence-corrected chi connectivity index (χ3v) is 6.97. The van der Waals surface area contributed by atoms with Gasteiger partial charge in [-0.1, -0.05) is 6.08 Å². The number of fused-ring (bicyclic) bond motifs is 3. The van der Waals surface area contributed by atoms with E-state index < -0.39 is 28.1 Å². The molecule has 1 amide bonds. The van der Waals surface area contributed by atoms with E-state index in [-0.39, 0.29) is 22.9 Å². The molecule has 0 radical (unpaired) electrons. The van der Waals surface area contributed by atoms with Gasteiger partial charge in [0.05, 0.1) is 18.3 Å². The lowest BCUT2D eigenvalue weighted by Gasteiger charge is -2.40. The van der Waals surface area contributed by atoms with E-state index in [4.69, 9.17) is 15.2 Å². The Morgan fingerprint density at radius 1 is 1.15 bits per heavy atom. The van der Waals surface area contributed by atoms with E-state index in [0.29, 0.717) is 17.0 Å². The number of rotatable bonds is 1. The van der Waals surface area contributed by atoms with Gasteiger partial charge < -0.3 is 20.1 Å². The second-order valence-electron chi connectivity index (χ2n) is 9.28. The molecule has 10 nitrogen and oxygen atoms in total. The Morgan fingerprint density at radius 3 is 2.44 bits per heavy atom. The minimum atomic E-state index is -1.92. The molecule has 2 aromatic rings. The van der Waals surface area contributed by atoms with Crippen LogP contribution < -0.4 is 31.4 Å². The van der Waals surface area contributed by atoms with Gasteiger partial charge in [-0.25, -0.2) is 4.79 Å². The number of nitriles is 1. The Morgan fingerprint density at radius 2 is 1.82 bits per heavy atom. The van der Waals surface area contributed by atoms with Gasteiger partial charge in [-0.2, -0.15) is 5.26 Å². The van der Waals surface area contributed by atoms with Crippen molar-refractivity contribution in [2.75, 3.05) is 12.0 Å².